The summed E-state index contributed by atoms with van der Waals surface area (Å²) in [5.41, 5.74) is 5.68. The van der Waals surface area contributed by atoms with Crippen molar-refractivity contribution in [2.24, 2.45) is 0 Å². The fourth-order valence-corrected chi connectivity index (χ4v) is 6.06. The SMILES string of the molecule is COc1ccc2c(c1)C(OC)n1c-2c(C2CCCCC2)c2ccc(C(=O)NS(=O)(=O)N(C)C)cc21. The number of nitrogens with zero attached hydrogens (tertiary/aromatic N) is 2. The van der Waals surface area contributed by atoms with Gasteiger partial charge in [0.1, 0.15) is 5.75 Å². The van der Waals surface area contributed by atoms with E-state index in [2.05, 4.69) is 15.4 Å². The lowest BCUT2D eigenvalue weighted by Gasteiger charge is -2.23. The minimum absolute atomic E-state index is 0.279. The van der Waals surface area contributed by atoms with E-state index in [1.807, 2.05) is 18.2 Å². The molecule has 1 unspecified atom stereocenters. The van der Waals surface area contributed by atoms with Gasteiger partial charge < -0.3 is 14.0 Å². The molecule has 0 bridgehead atoms. The van der Waals surface area contributed by atoms with Crippen LogP contribution in [0.2, 0.25) is 0 Å². The Morgan fingerprint density at radius 1 is 1.06 bits per heavy atom. The Labute approximate surface area is 206 Å². The van der Waals surface area contributed by atoms with Crippen molar-refractivity contribution in [2.45, 2.75) is 44.2 Å². The van der Waals surface area contributed by atoms with Crippen LogP contribution in [-0.2, 0) is 14.9 Å². The fraction of sp³-hybridized carbons (Fsp3) is 0.423. The highest BCUT2D eigenvalue weighted by Gasteiger charge is 2.36. The molecule has 1 fully saturated rings. The number of fused-ring (bicyclic) bond motifs is 5. The number of hydrogen-bond donors (Lipinski definition) is 1. The Kier molecular flexibility index (Phi) is 6.11. The van der Waals surface area contributed by atoms with Crippen molar-refractivity contribution in [3.05, 3.63) is 53.1 Å². The van der Waals surface area contributed by atoms with Gasteiger partial charge in [-0.1, -0.05) is 25.3 Å². The summed E-state index contributed by atoms with van der Waals surface area (Å²) in [5, 5.41) is 1.09. The van der Waals surface area contributed by atoms with Crippen LogP contribution in [0.3, 0.4) is 0 Å². The zero-order valence-corrected chi connectivity index (χ0v) is 21.3. The summed E-state index contributed by atoms with van der Waals surface area (Å²) in [6.45, 7) is 0. The first kappa shape index (κ1) is 23.8. The number of hydrogen-bond acceptors (Lipinski definition) is 5. The Morgan fingerprint density at radius 3 is 2.46 bits per heavy atom. The van der Waals surface area contributed by atoms with Crippen LogP contribution >= 0.6 is 0 Å². The molecule has 8 nitrogen and oxygen atoms in total. The van der Waals surface area contributed by atoms with Crippen LogP contribution in [0.25, 0.3) is 22.2 Å². The van der Waals surface area contributed by atoms with E-state index < -0.39 is 16.1 Å². The lowest BCUT2D eigenvalue weighted by molar-refractivity contribution is 0.0884. The van der Waals surface area contributed by atoms with Crippen molar-refractivity contribution < 1.29 is 22.7 Å². The van der Waals surface area contributed by atoms with Crippen molar-refractivity contribution in [2.75, 3.05) is 28.3 Å². The molecular weight excluding hydrogens is 466 g/mol. The standard InChI is InChI=1S/C26H31N3O5S/c1-28(2)35(31,32)27-25(30)17-10-12-20-22(14-17)29-24(23(20)16-8-6-5-7-9-16)19-13-11-18(33-3)15-21(19)26(29)34-4/h10-16,26H,5-9H2,1-4H3,(H,27,30). The molecule has 0 saturated heterocycles. The number of carbonyl (C=O) groups is 1. The van der Waals surface area contributed by atoms with Crippen LogP contribution in [0.4, 0.5) is 0 Å². The number of ether oxygens (including phenoxy) is 2. The van der Waals surface area contributed by atoms with Crippen molar-refractivity contribution in [1.82, 2.24) is 13.6 Å². The zero-order valence-electron chi connectivity index (χ0n) is 20.5. The van der Waals surface area contributed by atoms with Gasteiger partial charge in [0.2, 0.25) is 0 Å². The highest BCUT2D eigenvalue weighted by atomic mass is 32.2. The van der Waals surface area contributed by atoms with Crippen LogP contribution in [0.15, 0.2) is 36.4 Å². The molecule has 2 aromatic carbocycles. The van der Waals surface area contributed by atoms with Crippen molar-refractivity contribution >= 4 is 27.0 Å². The van der Waals surface area contributed by atoms with Crippen LogP contribution in [0.1, 0.15) is 65.7 Å². The van der Waals surface area contributed by atoms with E-state index in [1.165, 1.54) is 38.9 Å². The summed E-state index contributed by atoms with van der Waals surface area (Å²) >= 11 is 0. The fourth-order valence-electron chi connectivity index (χ4n) is 5.53. The average molecular weight is 498 g/mol. The minimum atomic E-state index is -3.90. The van der Waals surface area contributed by atoms with E-state index in [0.717, 1.165) is 50.6 Å². The van der Waals surface area contributed by atoms with Crippen molar-refractivity contribution in [3.63, 3.8) is 0 Å². The number of aromatic nitrogens is 1. The van der Waals surface area contributed by atoms with E-state index >= 15 is 0 Å². The summed E-state index contributed by atoms with van der Waals surface area (Å²) in [7, 11) is 2.18. The maximum atomic E-state index is 12.9. The zero-order chi connectivity index (χ0) is 24.9. The molecule has 1 atom stereocenters. The second-order valence-electron chi connectivity index (χ2n) is 9.46. The smallest absolute Gasteiger partial charge is 0.303 e. The van der Waals surface area contributed by atoms with Crippen molar-refractivity contribution in [1.29, 1.82) is 0 Å². The third-order valence-corrected chi connectivity index (χ3v) is 8.66. The first-order valence-electron chi connectivity index (χ1n) is 11.9. The molecule has 1 aromatic heterocycles. The maximum Gasteiger partial charge on any atom is 0.303 e. The Hall–Kier alpha value is -2.88. The normalized spacial score (nSPS) is 18.0. The van der Waals surface area contributed by atoms with Gasteiger partial charge in [-0.05, 0) is 54.7 Å². The second kappa shape index (κ2) is 8.96. The minimum Gasteiger partial charge on any atom is -0.497 e. The molecular formula is C26H31N3O5S. The lowest BCUT2D eigenvalue weighted by atomic mass is 9.81. The Balaban J connectivity index is 1.71. The van der Waals surface area contributed by atoms with E-state index in [0.29, 0.717) is 5.92 Å². The topological polar surface area (TPSA) is 89.9 Å². The molecule has 9 heteroatoms. The van der Waals surface area contributed by atoms with Gasteiger partial charge in [0.15, 0.2) is 6.23 Å². The number of nitrogens with one attached hydrogen (secondary N) is 1. The lowest BCUT2D eigenvalue weighted by Crippen LogP contribution is -2.39. The van der Waals surface area contributed by atoms with Gasteiger partial charge in [-0.25, -0.2) is 4.72 Å². The number of rotatable bonds is 6. The van der Waals surface area contributed by atoms with Gasteiger partial charge >= 0.3 is 10.2 Å². The van der Waals surface area contributed by atoms with E-state index in [-0.39, 0.29) is 11.8 Å². The second-order valence-corrected chi connectivity index (χ2v) is 11.3. The van der Waals surface area contributed by atoms with E-state index in [4.69, 9.17) is 9.47 Å². The molecule has 1 N–H and O–H groups in total. The van der Waals surface area contributed by atoms with Gasteiger partial charge in [-0.3, -0.25) is 4.79 Å². The molecule has 1 aliphatic carbocycles. The maximum absolute atomic E-state index is 12.9. The predicted molar refractivity (Wildman–Crippen MR) is 135 cm³/mol. The van der Waals surface area contributed by atoms with Gasteiger partial charge in [0.25, 0.3) is 5.91 Å². The number of carbonyl (C=O) groups excluding carboxylic acids is 1. The van der Waals surface area contributed by atoms with Crippen LogP contribution < -0.4 is 9.46 Å². The molecule has 1 amide bonds. The van der Waals surface area contributed by atoms with Gasteiger partial charge in [0.05, 0.1) is 18.3 Å². The summed E-state index contributed by atoms with van der Waals surface area (Å²) in [5.74, 6) is 0.511. The molecule has 0 radical (unpaired) electrons. The Bertz CT molecular complexity index is 1400. The quantitative estimate of drug-likeness (QED) is 0.545. The van der Waals surface area contributed by atoms with Crippen LogP contribution in [0, 0.1) is 0 Å². The number of methoxy groups -OCH3 is 2. The monoisotopic (exact) mass is 497 g/mol. The third kappa shape index (κ3) is 3.91. The summed E-state index contributed by atoms with van der Waals surface area (Å²) in [6, 6.07) is 11.5. The molecule has 35 heavy (non-hydrogen) atoms. The molecule has 1 saturated carbocycles. The van der Waals surface area contributed by atoms with Crippen LogP contribution in [-0.4, -0.2) is 51.5 Å². The van der Waals surface area contributed by atoms with Gasteiger partial charge in [-0.2, -0.15) is 12.7 Å². The van der Waals surface area contributed by atoms with Crippen molar-refractivity contribution in [3.8, 4) is 17.0 Å². The molecule has 3 aromatic rings. The Morgan fingerprint density at radius 2 is 1.80 bits per heavy atom. The van der Waals surface area contributed by atoms with Crippen LogP contribution in [0.5, 0.6) is 5.75 Å². The molecule has 2 aliphatic rings. The highest BCUT2D eigenvalue weighted by Crippen LogP contribution is 2.52. The molecule has 1 aliphatic heterocycles. The highest BCUT2D eigenvalue weighted by molar-refractivity contribution is 7.87. The summed E-state index contributed by atoms with van der Waals surface area (Å²) in [6.07, 6.45) is 5.52. The molecule has 0 spiro atoms. The number of benzene rings is 2. The molecule has 2 heterocycles. The van der Waals surface area contributed by atoms with E-state index in [9.17, 15) is 13.2 Å². The van der Waals surface area contributed by atoms with E-state index in [1.54, 1.807) is 26.4 Å². The predicted octanol–water partition coefficient (Wildman–Crippen LogP) is 4.41. The number of amides is 1. The van der Waals surface area contributed by atoms with Gasteiger partial charge in [-0.15, -0.1) is 0 Å². The first-order chi connectivity index (χ1) is 16.8. The molecule has 5 rings (SSSR count). The largest absolute Gasteiger partial charge is 0.497 e. The molecule has 186 valence electrons. The van der Waals surface area contributed by atoms with Gasteiger partial charge in [0, 0.05) is 43.3 Å². The average Bonchev–Trinajstić information content (AvgIpc) is 3.35. The summed E-state index contributed by atoms with van der Waals surface area (Å²) < 4.78 is 41.2. The third-order valence-electron chi connectivity index (χ3n) is 7.26. The summed E-state index contributed by atoms with van der Waals surface area (Å²) in [4.78, 5) is 12.9. The first-order valence-corrected chi connectivity index (χ1v) is 13.3.